The van der Waals surface area contributed by atoms with E-state index in [0.717, 1.165) is 6.42 Å². The second-order valence-electron chi connectivity index (χ2n) is 5.88. The number of hydrogen-bond donors (Lipinski definition) is 2. The summed E-state index contributed by atoms with van der Waals surface area (Å²) in [4.78, 5) is 37.1. The van der Waals surface area contributed by atoms with E-state index in [1.54, 1.807) is 14.0 Å². The summed E-state index contributed by atoms with van der Waals surface area (Å²) in [5, 5.41) is 11.9. The summed E-state index contributed by atoms with van der Waals surface area (Å²) < 4.78 is 0. The first kappa shape index (κ1) is 17.5. The molecule has 2 N–H and O–H groups in total. The average molecular weight is 298 g/mol. The Morgan fingerprint density at radius 2 is 1.81 bits per heavy atom. The third-order valence-electron chi connectivity index (χ3n) is 4.47. The summed E-state index contributed by atoms with van der Waals surface area (Å²) in [5.74, 6) is -2.30. The zero-order valence-electron chi connectivity index (χ0n) is 13.3. The molecule has 2 amide bonds. The summed E-state index contributed by atoms with van der Waals surface area (Å²) in [5.41, 5.74) is 0. The maximum absolute atomic E-state index is 12.3. The van der Waals surface area contributed by atoms with E-state index in [4.69, 9.17) is 0 Å². The van der Waals surface area contributed by atoms with Crippen molar-refractivity contribution in [3.8, 4) is 0 Å². The fraction of sp³-hybridized carbons (Fsp3) is 0.800. The van der Waals surface area contributed by atoms with Crippen LogP contribution in [0, 0.1) is 17.8 Å². The maximum atomic E-state index is 12.3. The summed E-state index contributed by atoms with van der Waals surface area (Å²) in [6.45, 7) is 6.06. The molecule has 0 aliphatic heterocycles. The Balaban J connectivity index is 2.69. The van der Waals surface area contributed by atoms with Gasteiger partial charge in [-0.3, -0.25) is 14.4 Å². The molecule has 0 bridgehead atoms. The van der Waals surface area contributed by atoms with Gasteiger partial charge in [0.15, 0.2) is 0 Å². The van der Waals surface area contributed by atoms with Gasteiger partial charge in [0.2, 0.25) is 11.8 Å². The minimum atomic E-state index is -0.921. The van der Waals surface area contributed by atoms with Gasteiger partial charge in [-0.25, -0.2) is 0 Å². The molecule has 0 saturated heterocycles. The van der Waals surface area contributed by atoms with Gasteiger partial charge in [-0.1, -0.05) is 13.3 Å². The van der Waals surface area contributed by atoms with E-state index >= 15 is 0 Å². The molecule has 1 aliphatic rings. The zero-order valence-corrected chi connectivity index (χ0v) is 13.3. The van der Waals surface area contributed by atoms with Gasteiger partial charge in [0, 0.05) is 13.6 Å². The van der Waals surface area contributed by atoms with Crippen molar-refractivity contribution in [3.63, 3.8) is 0 Å². The van der Waals surface area contributed by atoms with Crippen molar-refractivity contribution in [1.82, 2.24) is 10.2 Å². The number of aliphatic carboxylic acids is 1. The van der Waals surface area contributed by atoms with E-state index in [-0.39, 0.29) is 17.7 Å². The first-order valence-electron chi connectivity index (χ1n) is 7.59. The van der Waals surface area contributed by atoms with Crippen LogP contribution in [0.4, 0.5) is 0 Å². The number of carbonyl (C=O) groups is 3. The van der Waals surface area contributed by atoms with Crippen LogP contribution in [-0.4, -0.2) is 47.4 Å². The van der Waals surface area contributed by atoms with Gasteiger partial charge in [-0.15, -0.1) is 0 Å². The number of nitrogens with zero attached hydrogens (tertiary/aromatic N) is 1. The number of nitrogens with one attached hydrogen (secondary N) is 1. The monoisotopic (exact) mass is 298 g/mol. The lowest BCUT2D eigenvalue weighted by Gasteiger charge is -2.23. The van der Waals surface area contributed by atoms with Crippen LogP contribution in [-0.2, 0) is 14.4 Å². The molecule has 6 nitrogen and oxygen atoms in total. The number of likely N-dealkylation sites (N-methyl/N-ethyl adjacent to an activating group) is 1. The third kappa shape index (κ3) is 4.19. The van der Waals surface area contributed by atoms with Gasteiger partial charge < -0.3 is 15.3 Å². The molecule has 0 aromatic heterocycles. The Labute approximate surface area is 125 Å². The van der Waals surface area contributed by atoms with Crippen LogP contribution in [0.1, 0.15) is 40.0 Å². The number of amides is 2. The molecule has 21 heavy (non-hydrogen) atoms. The van der Waals surface area contributed by atoms with E-state index in [9.17, 15) is 19.5 Å². The minimum absolute atomic E-state index is 0.164. The van der Waals surface area contributed by atoms with Gasteiger partial charge >= 0.3 is 5.97 Å². The van der Waals surface area contributed by atoms with Crippen molar-refractivity contribution in [2.75, 3.05) is 13.6 Å². The normalized spacial score (nSPS) is 26.2. The Hall–Kier alpha value is -1.59. The number of carboxylic acids is 1. The van der Waals surface area contributed by atoms with Crippen LogP contribution in [0.5, 0.6) is 0 Å². The second kappa shape index (κ2) is 7.43. The van der Waals surface area contributed by atoms with Crippen molar-refractivity contribution in [1.29, 1.82) is 0 Å². The largest absolute Gasteiger partial charge is 0.481 e. The molecule has 120 valence electrons. The van der Waals surface area contributed by atoms with Crippen molar-refractivity contribution in [3.05, 3.63) is 0 Å². The molecular formula is C15H26N2O4. The highest BCUT2D eigenvalue weighted by Crippen LogP contribution is 2.38. The van der Waals surface area contributed by atoms with E-state index in [0.29, 0.717) is 19.4 Å². The van der Waals surface area contributed by atoms with Crippen LogP contribution in [0.25, 0.3) is 0 Å². The number of hydrogen-bond acceptors (Lipinski definition) is 3. The smallest absolute Gasteiger partial charge is 0.307 e. The summed E-state index contributed by atoms with van der Waals surface area (Å²) in [6, 6.07) is -0.627. The highest BCUT2D eigenvalue weighted by Gasteiger charge is 2.42. The van der Waals surface area contributed by atoms with Crippen LogP contribution < -0.4 is 5.32 Å². The summed E-state index contributed by atoms with van der Waals surface area (Å²) >= 11 is 0. The third-order valence-corrected chi connectivity index (χ3v) is 4.47. The van der Waals surface area contributed by atoms with Gasteiger partial charge in [-0.05, 0) is 32.6 Å². The maximum Gasteiger partial charge on any atom is 0.307 e. The summed E-state index contributed by atoms with van der Waals surface area (Å²) in [7, 11) is 1.67. The quantitative estimate of drug-likeness (QED) is 0.769. The molecule has 6 heteroatoms. The Bertz CT molecular complexity index is 410. The van der Waals surface area contributed by atoms with Gasteiger partial charge in [0.05, 0.1) is 11.8 Å². The van der Waals surface area contributed by atoms with Crippen molar-refractivity contribution in [2.24, 2.45) is 17.8 Å². The highest BCUT2D eigenvalue weighted by atomic mass is 16.4. The molecule has 1 aliphatic carbocycles. The van der Waals surface area contributed by atoms with Crippen LogP contribution in [0.2, 0.25) is 0 Å². The summed E-state index contributed by atoms with van der Waals surface area (Å²) in [6.07, 6.45) is 2.01. The van der Waals surface area contributed by atoms with Gasteiger partial charge in [0.1, 0.15) is 6.04 Å². The molecule has 0 radical (unpaired) electrons. The minimum Gasteiger partial charge on any atom is -0.481 e. The molecule has 0 heterocycles. The lowest BCUT2D eigenvalue weighted by Crippen LogP contribution is -2.48. The topological polar surface area (TPSA) is 86.7 Å². The highest BCUT2D eigenvalue weighted by molar-refractivity contribution is 5.90. The van der Waals surface area contributed by atoms with Gasteiger partial charge in [0.25, 0.3) is 0 Å². The molecular weight excluding hydrogens is 272 g/mol. The molecule has 0 aromatic rings. The lowest BCUT2D eigenvalue weighted by molar-refractivity contribution is -0.146. The van der Waals surface area contributed by atoms with Crippen molar-refractivity contribution >= 4 is 17.8 Å². The van der Waals surface area contributed by atoms with E-state index in [1.807, 2.05) is 13.8 Å². The number of rotatable bonds is 6. The molecule has 1 fully saturated rings. The SMILES string of the molecule is CCC1CC(C(=O)O)C(C(=O)NC(C)C(=O)N(C)CC)C1. The molecule has 4 unspecified atom stereocenters. The van der Waals surface area contributed by atoms with E-state index in [2.05, 4.69) is 5.32 Å². The standard InChI is InChI=1S/C15H26N2O4/c1-5-10-7-11(12(8-10)15(20)21)13(18)16-9(3)14(19)17(4)6-2/h9-12H,5-8H2,1-4H3,(H,16,18)(H,20,21). The van der Waals surface area contributed by atoms with Crippen molar-refractivity contribution in [2.45, 2.75) is 46.1 Å². The number of carbonyl (C=O) groups excluding carboxylic acids is 2. The Morgan fingerprint density at radius 1 is 1.24 bits per heavy atom. The first-order chi connectivity index (χ1) is 9.81. The Morgan fingerprint density at radius 3 is 2.29 bits per heavy atom. The lowest BCUT2D eigenvalue weighted by atomic mass is 9.95. The second-order valence-corrected chi connectivity index (χ2v) is 5.88. The number of carboxylic acid groups (broad SMARTS) is 1. The van der Waals surface area contributed by atoms with Crippen LogP contribution >= 0.6 is 0 Å². The van der Waals surface area contributed by atoms with Gasteiger partial charge in [-0.2, -0.15) is 0 Å². The zero-order chi connectivity index (χ0) is 16.2. The van der Waals surface area contributed by atoms with E-state index in [1.165, 1.54) is 4.90 Å². The molecule has 0 spiro atoms. The molecule has 1 saturated carbocycles. The van der Waals surface area contributed by atoms with E-state index < -0.39 is 23.8 Å². The molecule has 1 rings (SSSR count). The first-order valence-corrected chi connectivity index (χ1v) is 7.59. The molecule has 4 atom stereocenters. The Kier molecular flexibility index (Phi) is 6.18. The fourth-order valence-corrected chi connectivity index (χ4v) is 2.91. The fourth-order valence-electron chi connectivity index (χ4n) is 2.91. The average Bonchev–Trinajstić information content (AvgIpc) is 2.90. The predicted octanol–water partition coefficient (Wildman–Crippen LogP) is 1.11. The molecule has 0 aromatic carbocycles. The predicted molar refractivity (Wildman–Crippen MR) is 78.5 cm³/mol. The van der Waals surface area contributed by atoms with Crippen molar-refractivity contribution < 1.29 is 19.5 Å². The van der Waals surface area contributed by atoms with Crippen LogP contribution in [0.3, 0.4) is 0 Å². The van der Waals surface area contributed by atoms with Crippen LogP contribution in [0.15, 0.2) is 0 Å².